The van der Waals surface area contributed by atoms with Crippen LogP contribution >= 0.6 is 0 Å². The molecular weight excluding hydrogens is 308 g/mol. The van der Waals surface area contributed by atoms with Crippen LogP contribution in [0.3, 0.4) is 0 Å². The Morgan fingerprint density at radius 1 is 1.04 bits per heavy atom. The third-order valence-electron chi connectivity index (χ3n) is 6.12. The summed E-state index contributed by atoms with van der Waals surface area (Å²) >= 11 is 0. The van der Waals surface area contributed by atoms with Gasteiger partial charge in [-0.2, -0.15) is 0 Å². The number of likely N-dealkylation sites (N-methyl/N-ethyl adjacent to an activating group) is 1. The first-order valence-corrected chi connectivity index (χ1v) is 10.1. The maximum atomic E-state index is 3.89. The number of piperidine rings is 1. The summed E-state index contributed by atoms with van der Waals surface area (Å²) in [4.78, 5) is 7.69. The molecule has 25 heavy (non-hydrogen) atoms. The molecule has 0 radical (unpaired) electrons. The van der Waals surface area contributed by atoms with E-state index in [1.54, 1.807) is 0 Å². The molecule has 2 aliphatic rings. The van der Waals surface area contributed by atoms with Gasteiger partial charge in [0.25, 0.3) is 0 Å². The lowest BCUT2D eigenvalue weighted by molar-refractivity contribution is 0.106. The first-order valence-electron chi connectivity index (χ1n) is 10.1. The molecule has 4 nitrogen and oxygen atoms in total. The summed E-state index contributed by atoms with van der Waals surface area (Å²) in [5.74, 6) is 0. The molecule has 3 rings (SSSR count). The van der Waals surface area contributed by atoms with Gasteiger partial charge in [-0.05, 0) is 44.9 Å². The summed E-state index contributed by atoms with van der Waals surface area (Å²) in [6.45, 7) is 12.9. The van der Waals surface area contributed by atoms with E-state index >= 15 is 0 Å². The molecule has 0 unspecified atom stereocenters. The third-order valence-corrected chi connectivity index (χ3v) is 6.12. The highest BCUT2D eigenvalue weighted by Crippen LogP contribution is 2.23. The predicted molar refractivity (Wildman–Crippen MR) is 108 cm³/mol. The van der Waals surface area contributed by atoms with Crippen LogP contribution in [-0.4, -0.2) is 74.7 Å². The highest BCUT2D eigenvalue weighted by atomic mass is 15.3. The Morgan fingerprint density at radius 2 is 1.72 bits per heavy atom. The van der Waals surface area contributed by atoms with Crippen LogP contribution in [0.1, 0.15) is 31.7 Å². The van der Waals surface area contributed by atoms with Crippen LogP contribution < -0.4 is 10.2 Å². The van der Waals surface area contributed by atoms with E-state index in [-0.39, 0.29) is 0 Å². The molecule has 0 amide bonds. The van der Waals surface area contributed by atoms with E-state index in [0.717, 1.165) is 6.54 Å². The highest BCUT2D eigenvalue weighted by molar-refractivity contribution is 5.53. The smallest absolute Gasteiger partial charge is 0.0395 e. The van der Waals surface area contributed by atoms with Crippen LogP contribution in [0.2, 0.25) is 0 Å². The van der Waals surface area contributed by atoms with E-state index in [1.807, 2.05) is 0 Å². The molecule has 2 fully saturated rings. The van der Waals surface area contributed by atoms with Crippen molar-refractivity contribution in [2.75, 3.05) is 57.8 Å². The fraction of sp³-hybridized carbons (Fsp3) is 0.714. The van der Waals surface area contributed by atoms with Crippen molar-refractivity contribution < 1.29 is 0 Å². The normalized spacial score (nSPS) is 22.3. The standard InChI is InChI=1S/C21H36N4/c1-4-20(24-15-13-23(3)14-16-24)17-22-19-9-11-25(12-10-19)21-8-6-5-7-18(21)2/h5-8,19-20,22H,4,9-17H2,1-3H3/t20-/m1/s1. The summed E-state index contributed by atoms with van der Waals surface area (Å²) in [6.07, 6.45) is 3.76. The second-order valence-corrected chi connectivity index (χ2v) is 7.86. The van der Waals surface area contributed by atoms with Gasteiger partial charge in [-0.1, -0.05) is 25.1 Å². The topological polar surface area (TPSA) is 21.8 Å². The lowest BCUT2D eigenvalue weighted by Gasteiger charge is -2.39. The minimum absolute atomic E-state index is 0.682. The summed E-state index contributed by atoms with van der Waals surface area (Å²) in [5.41, 5.74) is 2.82. The quantitative estimate of drug-likeness (QED) is 0.856. The lowest BCUT2D eigenvalue weighted by Crippen LogP contribution is -2.53. The Kier molecular flexibility index (Phi) is 6.74. The molecule has 1 aromatic rings. The van der Waals surface area contributed by atoms with E-state index in [4.69, 9.17) is 0 Å². The minimum Gasteiger partial charge on any atom is -0.371 e. The molecule has 0 saturated carbocycles. The number of piperazine rings is 1. The average molecular weight is 345 g/mol. The molecule has 1 aromatic carbocycles. The van der Waals surface area contributed by atoms with Gasteiger partial charge in [0.1, 0.15) is 0 Å². The predicted octanol–water partition coefficient (Wildman–Crippen LogP) is 2.58. The van der Waals surface area contributed by atoms with E-state index in [1.165, 1.54) is 69.8 Å². The van der Waals surface area contributed by atoms with Crippen molar-refractivity contribution in [3.05, 3.63) is 29.8 Å². The molecule has 4 heteroatoms. The average Bonchev–Trinajstić information content (AvgIpc) is 2.65. The Hall–Kier alpha value is -1.10. The van der Waals surface area contributed by atoms with Crippen molar-refractivity contribution in [1.29, 1.82) is 0 Å². The molecule has 0 spiro atoms. The summed E-state index contributed by atoms with van der Waals surface area (Å²) < 4.78 is 0. The second kappa shape index (κ2) is 9.02. The van der Waals surface area contributed by atoms with Gasteiger partial charge in [0, 0.05) is 63.6 Å². The number of benzene rings is 1. The van der Waals surface area contributed by atoms with Crippen molar-refractivity contribution in [3.63, 3.8) is 0 Å². The second-order valence-electron chi connectivity index (χ2n) is 7.86. The van der Waals surface area contributed by atoms with Gasteiger partial charge in [0.15, 0.2) is 0 Å². The number of rotatable bonds is 6. The van der Waals surface area contributed by atoms with E-state index < -0.39 is 0 Å². The van der Waals surface area contributed by atoms with Crippen LogP contribution in [0.4, 0.5) is 5.69 Å². The van der Waals surface area contributed by atoms with Gasteiger partial charge in [-0.15, -0.1) is 0 Å². The number of hydrogen-bond donors (Lipinski definition) is 1. The zero-order chi connectivity index (χ0) is 17.6. The summed E-state index contributed by atoms with van der Waals surface area (Å²) in [5, 5.41) is 3.89. The Labute approximate surface area is 154 Å². The highest BCUT2D eigenvalue weighted by Gasteiger charge is 2.24. The molecule has 0 aromatic heterocycles. The van der Waals surface area contributed by atoms with Crippen molar-refractivity contribution in [3.8, 4) is 0 Å². The molecule has 1 N–H and O–H groups in total. The molecule has 140 valence electrons. The zero-order valence-corrected chi connectivity index (χ0v) is 16.4. The Bertz CT molecular complexity index is 516. The van der Waals surface area contributed by atoms with Gasteiger partial charge in [0.2, 0.25) is 0 Å². The zero-order valence-electron chi connectivity index (χ0n) is 16.4. The number of hydrogen-bond acceptors (Lipinski definition) is 4. The van der Waals surface area contributed by atoms with E-state index in [0.29, 0.717) is 12.1 Å². The van der Waals surface area contributed by atoms with Crippen LogP contribution in [0.25, 0.3) is 0 Å². The number of nitrogens with zero attached hydrogens (tertiary/aromatic N) is 3. The maximum Gasteiger partial charge on any atom is 0.0395 e. The van der Waals surface area contributed by atoms with Crippen molar-refractivity contribution in [1.82, 2.24) is 15.1 Å². The number of para-hydroxylation sites is 1. The van der Waals surface area contributed by atoms with Gasteiger partial charge < -0.3 is 15.1 Å². The Balaban J connectivity index is 1.43. The Morgan fingerprint density at radius 3 is 2.36 bits per heavy atom. The van der Waals surface area contributed by atoms with Gasteiger partial charge in [-0.3, -0.25) is 4.90 Å². The van der Waals surface area contributed by atoms with Crippen LogP contribution in [0.15, 0.2) is 24.3 Å². The van der Waals surface area contributed by atoms with Gasteiger partial charge >= 0.3 is 0 Å². The van der Waals surface area contributed by atoms with Crippen molar-refractivity contribution in [2.24, 2.45) is 0 Å². The first kappa shape index (κ1) is 18.7. The molecule has 2 heterocycles. The molecular formula is C21H36N4. The number of nitrogens with one attached hydrogen (secondary N) is 1. The first-order chi connectivity index (χ1) is 12.2. The maximum absolute atomic E-state index is 3.89. The summed E-state index contributed by atoms with van der Waals surface area (Å²) in [6, 6.07) is 10.2. The number of aryl methyl sites for hydroxylation is 1. The van der Waals surface area contributed by atoms with Crippen molar-refractivity contribution in [2.45, 2.75) is 45.2 Å². The van der Waals surface area contributed by atoms with E-state index in [2.05, 4.69) is 65.2 Å². The van der Waals surface area contributed by atoms with E-state index in [9.17, 15) is 0 Å². The van der Waals surface area contributed by atoms with Crippen LogP contribution in [0.5, 0.6) is 0 Å². The minimum atomic E-state index is 0.682. The van der Waals surface area contributed by atoms with Crippen LogP contribution in [-0.2, 0) is 0 Å². The van der Waals surface area contributed by atoms with Gasteiger partial charge in [0.05, 0.1) is 0 Å². The molecule has 1 atom stereocenters. The number of anilines is 1. The molecule has 0 aliphatic carbocycles. The molecule has 2 aliphatic heterocycles. The SMILES string of the molecule is CC[C@H](CNC1CCN(c2ccccc2C)CC1)N1CCN(C)CC1. The molecule has 2 saturated heterocycles. The lowest BCUT2D eigenvalue weighted by atomic mass is 10.0. The monoisotopic (exact) mass is 344 g/mol. The summed E-state index contributed by atoms with van der Waals surface area (Å²) in [7, 11) is 2.23. The fourth-order valence-corrected chi connectivity index (χ4v) is 4.26. The third kappa shape index (κ3) is 4.96. The van der Waals surface area contributed by atoms with Gasteiger partial charge in [-0.25, -0.2) is 0 Å². The van der Waals surface area contributed by atoms with Crippen LogP contribution in [0, 0.1) is 6.92 Å². The fourth-order valence-electron chi connectivity index (χ4n) is 4.26. The van der Waals surface area contributed by atoms with Crippen molar-refractivity contribution >= 4 is 5.69 Å². The molecule has 0 bridgehead atoms. The largest absolute Gasteiger partial charge is 0.371 e.